The molecule has 1 amide bonds. The van der Waals surface area contributed by atoms with Crippen molar-refractivity contribution in [2.45, 2.75) is 51.2 Å². The average Bonchev–Trinajstić information content (AvgIpc) is 3.38. The summed E-state index contributed by atoms with van der Waals surface area (Å²) >= 11 is 7.40. The molecule has 1 heterocycles. The van der Waals surface area contributed by atoms with Crippen LogP contribution in [0.15, 0.2) is 47.8 Å². The highest BCUT2D eigenvalue weighted by molar-refractivity contribution is 7.80. The van der Waals surface area contributed by atoms with Crippen molar-refractivity contribution in [3.05, 3.63) is 58.3 Å². The van der Waals surface area contributed by atoms with Gasteiger partial charge in [-0.05, 0) is 49.0 Å². The van der Waals surface area contributed by atoms with Gasteiger partial charge in [0.25, 0.3) is 0 Å². The zero-order chi connectivity index (χ0) is 19.1. The Morgan fingerprint density at radius 1 is 1.22 bits per heavy atom. The molecule has 1 atom stereocenters. The third-order valence-corrected chi connectivity index (χ3v) is 6.25. The Balaban J connectivity index is 1.52. The van der Waals surface area contributed by atoms with Gasteiger partial charge in [-0.25, -0.2) is 0 Å². The van der Waals surface area contributed by atoms with Gasteiger partial charge in [-0.15, -0.1) is 11.3 Å². The normalized spacial score (nSPS) is 15.3. The highest BCUT2D eigenvalue weighted by Crippen LogP contribution is 2.26. The van der Waals surface area contributed by atoms with Crippen LogP contribution in [0.5, 0.6) is 0 Å². The highest BCUT2D eigenvalue weighted by Gasteiger charge is 2.25. The molecule has 1 fully saturated rings. The van der Waals surface area contributed by atoms with Crippen molar-refractivity contribution >= 4 is 34.6 Å². The van der Waals surface area contributed by atoms with Gasteiger partial charge in [0.15, 0.2) is 5.11 Å². The van der Waals surface area contributed by atoms with Gasteiger partial charge in [0.1, 0.15) is 0 Å². The lowest BCUT2D eigenvalue weighted by molar-refractivity contribution is -0.120. The summed E-state index contributed by atoms with van der Waals surface area (Å²) in [6.45, 7) is 3.01. The van der Waals surface area contributed by atoms with Crippen LogP contribution in [-0.2, 0) is 11.3 Å². The predicted octanol–water partition coefficient (Wildman–Crippen LogP) is 4.24. The van der Waals surface area contributed by atoms with E-state index < -0.39 is 0 Å². The van der Waals surface area contributed by atoms with Crippen molar-refractivity contribution in [3.8, 4) is 0 Å². The zero-order valence-electron chi connectivity index (χ0n) is 15.7. The van der Waals surface area contributed by atoms with Crippen LogP contribution in [0.25, 0.3) is 0 Å². The van der Waals surface area contributed by atoms with E-state index in [0.717, 1.165) is 12.1 Å². The van der Waals surface area contributed by atoms with Gasteiger partial charge < -0.3 is 15.5 Å². The molecule has 0 saturated heterocycles. The zero-order valence-corrected chi connectivity index (χ0v) is 17.3. The molecule has 6 heteroatoms. The van der Waals surface area contributed by atoms with Crippen molar-refractivity contribution in [2.75, 3.05) is 6.54 Å². The lowest BCUT2D eigenvalue weighted by atomic mass is 10.1. The van der Waals surface area contributed by atoms with Gasteiger partial charge in [-0.1, -0.05) is 49.2 Å². The summed E-state index contributed by atoms with van der Waals surface area (Å²) < 4.78 is 0. The van der Waals surface area contributed by atoms with Crippen LogP contribution < -0.4 is 10.6 Å². The van der Waals surface area contributed by atoms with E-state index in [1.807, 2.05) is 37.3 Å². The molecule has 1 aromatic heterocycles. The van der Waals surface area contributed by atoms with E-state index in [1.165, 1.54) is 30.6 Å². The number of amides is 1. The molecule has 0 unspecified atom stereocenters. The van der Waals surface area contributed by atoms with Crippen LogP contribution in [0.1, 0.15) is 49.1 Å². The Hall–Kier alpha value is -1.92. The number of benzene rings is 1. The number of hydrogen-bond donors (Lipinski definition) is 2. The molecular weight excluding hydrogens is 374 g/mol. The highest BCUT2D eigenvalue weighted by atomic mass is 32.1. The number of rotatable bonds is 7. The van der Waals surface area contributed by atoms with Gasteiger partial charge >= 0.3 is 0 Å². The largest absolute Gasteiger partial charge is 0.353 e. The predicted molar refractivity (Wildman–Crippen MR) is 116 cm³/mol. The molecule has 2 aromatic rings. The topological polar surface area (TPSA) is 44.4 Å². The Morgan fingerprint density at radius 3 is 2.63 bits per heavy atom. The summed E-state index contributed by atoms with van der Waals surface area (Å²) in [5.74, 6) is -0.0452. The quantitative estimate of drug-likeness (QED) is 0.681. The molecule has 1 aliphatic rings. The average molecular weight is 402 g/mol. The molecule has 0 spiro atoms. The first-order valence-electron chi connectivity index (χ1n) is 9.54. The van der Waals surface area contributed by atoms with Crippen LogP contribution in [0.3, 0.4) is 0 Å². The summed E-state index contributed by atoms with van der Waals surface area (Å²) in [6.07, 6.45) is 4.85. The molecule has 4 nitrogen and oxygen atoms in total. The number of hydrogen-bond acceptors (Lipinski definition) is 3. The summed E-state index contributed by atoms with van der Waals surface area (Å²) in [5, 5.41) is 8.98. The van der Waals surface area contributed by atoms with E-state index in [-0.39, 0.29) is 18.5 Å². The molecule has 1 saturated carbocycles. The summed E-state index contributed by atoms with van der Waals surface area (Å²) in [6, 6.07) is 14.6. The first kappa shape index (κ1) is 19.8. The smallest absolute Gasteiger partial charge is 0.239 e. The van der Waals surface area contributed by atoms with Crippen molar-refractivity contribution in [1.82, 2.24) is 15.5 Å². The van der Waals surface area contributed by atoms with E-state index in [2.05, 4.69) is 33.0 Å². The van der Waals surface area contributed by atoms with Gasteiger partial charge in [0.2, 0.25) is 5.91 Å². The molecule has 2 N–H and O–H groups in total. The number of nitrogens with zero attached hydrogens (tertiary/aromatic N) is 1. The fourth-order valence-corrected chi connectivity index (χ4v) is 4.52. The molecule has 1 aliphatic carbocycles. The second-order valence-corrected chi connectivity index (χ2v) is 8.42. The first-order valence-corrected chi connectivity index (χ1v) is 10.8. The Kier molecular flexibility index (Phi) is 7.24. The van der Waals surface area contributed by atoms with Gasteiger partial charge in [0.05, 0.1) is 19.1 Å². The fraction of sp³-hybridized carbons (Fsp3) is 0.429. The van der Waals surface area contributed by atoms with Crippen LogP contribution in [0.4, 0.5) is 0 Å². The van der Waals surface area contributed by atoms with Crippen molar-refractivity contribution < 1.29 is 4.79 Å². The molecule has 144 valence electrons. The Labute approximate surface area is 171 Å². The standard InChI is InChI=1S/C21H27N3OS2/c1-16(17-8-3-2-4-9-17)23-20(25)14-22-21(26)24(18-10-5-6-11-18)15-19-12-7-13-27-19/h2-4,7-9,12-13,16,18H,5-6,10-11,14-15H2,1H3,(H,22,26)(H,23,25)/t16-/m1/s1. The lowest BCUT2D eigenvalue weighted by Crippen LogP contribution is -2.47. The number of carbonyl (C=O) groups excluding carboxylic acids is 1. The monoisotopic (exact) mass is 401 g/mol. The van der Waals surface area contributed by atoms with Crippen LogP contribution in [-0.4, -0.2) is 28.5 Å². The summed E-state index contributed by atoms with van der Waals surface area (Å²) in [5.41, 5.74) is 1.10. The van der Waals surface area contributed by atoms with Crippen molar-refractivity contribution in [1.29, 1.82) is 0 Å². The van der Waals surface area contributed by atoms with Crippen LogP contribution >= 0.6 is 23.6 Å². The summed E-state index contributed by atoms with van der Waals surface area (Å²) in [4.78, 5) is 15.9. The minimum atomic E-state index is -0.0452. The van der Waals surface area contributed by atoms with E-state index in [0.29, 0.717) is 11.2 Å². The Morgan fingerprint density at radius 2 is 1.96 bits per heavy atom. The van der Waals surface area contributed by atoms with Crippen LogP contribution in [0.2, 0.25) is 0 Å². The summed E-state index contributed by atoms with van der Waals surface area (Å²) in [7, 11) is 0. The van der Waals surface area contributed by atoms with E-state index in [4.69, 9.17) is 12.2 Å². The molecule has 0 aliphatic heterocycles. The van der Waals surface area contributed by atoms with Gasteiger partial charge in [-0.3, -0.25) is 4.79 Å². The minimum Gasteiger partial charge on any atom is -0.353 e. The first-order chi connectivity index (χ1) is 13.1. The molecule has 3 rings (SSSR count). The maximum atomic E-state index is 12.3. The molecule has 0 radical (unpaired) electrons. The number of carbonyl (C=O) groups is 1. The number of thiophene rings is 1. The Bertz CT molecular complexity index is 727. The van der Waals surface area contributed by atoms with Gasteiger partial charge in [-0.2, -0.15) is 0 Å². The molecule has 27 heavy (non-hydrogen) atoms. The van der Waals surface area contributed by atoms with Crippen molar-refractivity contribution in [3.63, 3.8) is 0 Å². The maximum absolute atomic E-state index is 12.3. The molecule has 0 bridgehead atoms. The molecule has 1 aromatic carbocycles. The maximum Gasteiger partial charge on any atom is 0.239 e. The number of thiocarbonyl (C=S) groups is 1. The van der Waals surface area contributed by atoms with Crippen molar-refractivity contribution in [2.24, 2.45) is 0 Å². The fourth-order valence-electron chi connectivity index (χ4n) is 3.53. The van der Waals surface area contributed by atoms with E-state index >= 15 is 0 Å². The molecular formula is C21H27N3OS2. The second kappa shape index (κ2) is 9.85. The van der Waals surface area contributed by atoms with E-state index in [9.17, 15) is 4.79 Å². The minimum absolute atomic E-state index is 0.0221. The third kappa shape index (κ3) is 5.78. The second-order valence-electron chi connectivity index (χ2n) is 7.00. The third-order valence-electron chi connectivity index (χ3n) is 5.01. The lowest BCUT2D eigenvalue weighted by Gasteiger charge is -2.31. The SMILES string of the molecule is C[C@@H](NC(=O)CNC(=S)N(Cc1cccs1)C1CCCC1)c1ccccc1. The van der Waals surface area contributed by atoms with Gasteiger partial charge in [0, 0.05) is 10.9 Å². The van der Waals surface area contributed by atoms with E-state index in [1.54, 1.807) is 11.3 Å². The number of nitrogens with one attached hydrogen (secondary N) is 2. The van der Waals surface area contributed by atoms with Crippen LogP contribution in [0, 0.1) is 0 Å².